The summed E-state index contributed by atoms with van der Waals surface area (Å²) >= 11 is 21.0. The van der Waals surface area contributed by atoms with Crippen molar-refractivity contribution in [1.82, 2.24) is 9.97 Å². The SMILES string of the molecule is Clc1cc(Cl)c(Nc2ncc(Br)cn2)cc1Cl. The van der Waals surface area contributed by atoms with Gasteiger partial charge in [-0.15, -0.1) is 0 Å². The van der Waals surface area contributed by atoms with E-state index in [2.05, 4.69) is 31.2 Å². The van der Waals surface area contributed by atoms with Crippen molar-refractivity contribution in [2.24, 2.45) is 0 Å². The quantitative estimate of drug-likeness (QED) is 0.777. The number of anilines is 2. The molecular weight excluding hydrogens is 348 g/mol. The minimum atomic E-state index is 0.402. The van der Waals surface area contributed by atoms with Crippen molar-refractivity contribution in [2.45, 2.75) is 0 Å². The molecule has 0 spiro atoms. The third-order valence-electron chi connectivity index (χ3n) is 1.88. The Morgan fingerprint density at radius 2 is 1.53 bits per heavy atom. The highest BCUT2D eigenvalue weighted by Crippen LogP contribution is 2.33. The van der Waals surface area contributed by atoms with Crippen LogP contribution in [0.15, 0.2) is 29.0 Å². The second kappa shape index (κ2) is 5.40. The minimum Gasteiger partial charge on any atom is -0.323 e. The molecule has 1 aromatic carbocycles. The molecule has 0 bridgehead atoms. The molecule has 0 radical (unpaired) electrons. The Labute approximate surface area is 121 Å². The zero-order valence-corrected chi connectivity index (χ0v) is 12.1. The number of benzene rings is 1. The number of nitrogens with zero attached hydrogens (tertiary/aromatic N) is 2. The highest BCUT2D eigenvalue weighted by molar-refractivity contribution is 9.10. The van der Waals surface area contributed by atoms with Gasteiger partial charge in [-0.25, -0.2) is 9.97 Å². The Morgan fingerprint density at radius 1 is 0.941 bits per heavy atom. The molecular formula is C10H5BrCl3N3. The standard InChI is InChI=1S/C10H5BrCl3N3/c11-5-3-15-10(16-4-5)17-9-2-7(13)6(12)1-8(9)14/h1-4H,(H,15,16,17). The van der Waals surface area contributed by atoms with Crippen LogP contribution in [0.25, 0.3) is 0 Å². The molecule has 7 heteroatoms. The topological polar surface area (TPSA) is 37.8 Å². The molecule has 1 heterocycles. The maximum atomic E-state index is 6.01. The van der Waals surface area contributed by atoms with E-state index in [0.717, 1.165) is 4.47 Å². The molecule has 0 fully saturated rings. The monoisotopic (exact) mass is 351 g/mol. The van der Waals surface area contributed by atoms with E-state index in [9.17, 15) is 0 Å². The summed E-state index contributed by atoms with van der Waals surface area (Å²) in [4.78, 5) is 8.13. The average Bonchev–Trinajstić information content (AvgIpc) is 2.29. The Morgan fingerprint density at radius 3 is 2.18 bits per heavy atom. The summed E-state index contributed by atoms with van der Waals surface area (Å²) in [6.07, 6.45) is 3.25. The molecule has 0 atom stereocenters. The van der Waals surface area contributed by atoms with E-state index in [1.807, 2.05) is 0 Å². The van der Waals surface area contributed by atoms with E-state index in [0.29, 0.717) is 26.7 Å². The van der Waals surface area contributed by atoms with Gasteiger partial charge in [-0.1, -0.05) is 34.8 Å². The smallest absolute Gasteiger partial charge is 0.227 e. The van der Waals surface area contributed by atoms with Gasteiger partial charge in [-0.3, -0.25) is 0 Å². The van der Waals surface area contributed by atoms with Crippen LogP contribution in [0.1, 0.15) is 0 Å². The van der Waals surface area contributed by atoms with Gasteiger partial charge in [0.2, 0.25) is 5.95 Å². The normalized spacial score (nSPS) is 10.4. The summed E-state index contributed by atoms with van der Waals surface area (Å²) in [5, 5.41) is 4.21. The van der Waals surface area contributed by atoms with Crippen molar-refractivity contribution in [3.05, 3.63) is 44.1 Å². The number of nitrogens with one attached hydrogen (secondary N) is 1. The first-order valence-corrected chi connectivity index (χ1v) is 6.38. The summed E-state index contributed by atoms with van der Waals surface area (Å²) in [5.74, 6) is 0.425. The van der Waals surface area contributed by atoms with Crippen molar-refractivity contribution in [3.63, 3.8) is 0 Å². The van der Waals surface area contributed by atoms with Crippen LogP contribution < -0.4 is 5.32 Å². The molecule has 1 aromatic heterocycles. The van der Waals surface area contributed by atoms with E-state index in [1.165, 1.54) is 0 Å². The first kappa shape index (κ1) is 12.9. The molecule has 0 saturated carbocycles. The van der Waals surface area contributed by atoms with Gasteiger partial charge >= 0.3 is 0 Å². The second-order valence-corrected chi connectivity index (χ2v) is 5.23. The van der Waals surface area contributed by atoms with E-state index in [-0.39, 0.29) is 0 Å². The number of hydrogen-bond acceptors (Lipinski definition) is 3. The number of halogens is 4. The fourth-order valence-electron chi connectivity index (χ4n) is 1.12. The second-order valence-electron chi connectivity index (χ2n) is 3.10. The predicted octanol–water partition coefficient (Wildman–Crippen LogP) is 4.94. The fraction of sp³-hybridized carbons (Fsp3) is 0. The molecule has 0 saturated heterocycles. The molecule has 88 valence electrons. The lowest BCUT2D eigenvalue weighted by Crippen LogP contribution is -1.97. The van der Waals surface area contributed by atoms with Crippen LogP contribution in [0, 0.1) is 0 Å². The van der Waals surface area contributed by atoms with Crippen molar-refractivity contribution in [3.8, 4) is 0 Å². The van der Waals surface area contributed by atoms with Crippen molar-refractivity contribution in [2.75, 3.05) is 5.32 Å². The Hall–Kier alpha value is -0.550. The Balaban J connectivity index is 2.30. The van der Waals surface area contributed by atoms with E-state index in [1.54, 1.807) is 24.5 Å². The van der Waals surface area contributed by atoms with E-state index in [4.69, 9.17) is 34.8 Å². The van der Waals surface area contributed by atoms with Crippen molar-refractivity contribution in [1.29, 1.82) is 0 Å². The Bertz CT molecular complexity index is 545. The average molecular weight is 353 g/mol. The highest BCUT2D eigenvalue weighted by atomic mass is 79.9. The van der Waals surface area contributed by atoms with Gasteiger partial charge in [0.1, 0.15) is 0 Å². The molecule has 0 amide bonds. The van der Waals surface area contributed by atoms with Crippen LogP contribution in [0.5, 0.6) is 0 Å². The van der Waals surface area contributed by atoms with Gasteiger partial charge in [-0.2, -0.15) is 0 Å². The molecule has 3 nitrogen and oxygen atoms in total. The lowest BCUT2D eigenvalue weighted by molar-refractivity contribution is 1.15. The van der Waals surface area contributed by atoms with Crippen LogP contribution in [-0.4, -0.2) is 9.97 Å². The zero-order chi connectivity index (χ0) is 12.4. The van der Waals surface area contributed by atoms with Crippen molar-refractivity contribution >= 4 is 62.4 Å². The minimum absolute atomic E-state index is 0.402. The molecule has 2 rings (SSSR count). The first-order valence-electron chi connectivity index (χ1n) is 4.45. The lowest BCUT2D eigenvalue weighted by atomic mass is 10.3. The van der Waals surface area contributed by atoms with Gasteiger partial charge in [-0.05, 0) is 28.1 Å². The molecule has 0 aliphatic heterocycles. The maximum absolute atomic E-state index is 6.01. The summed E-state index contributed by atoms with van der Waals surface area (Å²) in [7, 11) is 0. The largest absolute Gasteiger partial charge is 0.323 e. The fourth-order valence-corrected chi connectivity index (χ4v) is 1.91. The van der Waals surface area contributed by atoms with Crippen LogP contribution >= 0.6 is 50.7 Å². The molecule has 17 heavy (non-hydrogen) atoms. The van der Waals surface area contributed by atoms with Gasteiger partial charge in [0.25, 0.3) is 0 Å². The van der Waals surface area contributed by atoms with Gasteiger partial charge in [0.15, 0.2) is 0 Å². The number of hydrogen-bond donors (Lipinski definition) is 1. The molecule has 0 aliphatic carbocycles. The molecule has 0 aliphatic rings. The molecule has 2 aromatic rings. The zero-order valence-electron chi connectivity index (χ0n) is 8.22. The summed E-state index contributed by atoms with van der Waals surface area (Å²) in [6, 6.07) is 3.18. The number of aromatic nitrogens is 2. The predicted molar refractivity (Wildman–Crippen MR) is 74.5 cm³/mol. The van der Waals surface area contributed by atoms with Crippen LogP contribution in [-0.2, 0) is 0 Å². The van der Waals surface area contributed by atoms with Crippen LogP contribution in [0.3, 0.4) is 0 Å². The third kappa shape index (κ3) is 3.22. The third-order valence-corrected chi connectivity index (χ3v) is 3.32. The van der Waals surface area contributed by atoms with Gasteiger partial charge in [0, 0.05) is 12.4 Å². The van der Waals surface area contributed by atoms with Crippen LogP contribution in [0.4, 0.5) is 11.6 Å². The Kier molecular flexibility index (Phi) is 4.09. The lowest BCUT2D eigenvalue weighted by Gasteiger charge is -2.08. The van der Waals surface area contributed by atoms with E-state index < -0.39 is 0 Å². The number of rotatable bonds is 2. The van der Waals surface area contributed by atoms with Crippen molar-refractivity contribution < 1.29 is 0 Å². The van der Waals surface area contributed by atoms with Gasteiger partial charge in [0.05, 0.1) is 25.2 Å². The molecule has 0 unspecified atom stereocenters. The summed E-state index contributed by atoms with van der Waals surface area (Å²) < 4.78 is 0.795. The maximum Gasteiger partial charge on any atom is 0.227 e. The van der Waals surface area contributed by atoms with E-state index >= 15 is 0 Å². The summed E-state index contributed by atoms with van der Waals surface area (Å²) in [5.41, 5.74) is 0.600. The summed E-state index contributed by atoms with van der Waals surface area (Å²) in [6.45, 7) is 0. The molecule has 1 N–H and O–H groups in total. The highest BCUT2D eigenvalue weighted by Gasteiger charge is 2.07. The first-order chi connectivity index (χ1) is 8.06. The van der Waals surface area contributed by atoms with Gasteiger partial charge < -0.3 is 5.32 Å². The van der Waals surface area contributed by atoms with Crippen LogP contribution in [0.2, 0.25) is 15.1 Å².